The molecule has 1 amide bonds. The molecule has 0 aromatic carbocycles. The van der Waals surface area contributed by atoms with Crippen molar-refractivity contribution in [3.05, 3.63) is 43.0 Å². The quantitative estimate of drug-likeness (QED) is 0.860. The molecule has 3 fully saturated rings. The average molecular weight is 325 g/mol. The van der Waals surface area contributed by atoms with Crippen molar-refractivity contribution >= 4 is 11.9 Å². The number of amides is 1. The maximum absolute atomic E-state index is 12.7. The summed E-state index contributed by atoms with van der Waals surface area (Å²) in [6.45, 7) is 3.42. The van der Waals surface area contributed by atoms with Gasteiger partial charge in [0, 0.05) is 63.4 Å². The van der Waals surface area contributed by atoms with Gasteiger partial charge in [-0.25, -0.2) is 9.97 Å². The minimum absolute atomic E-state index is 0.272. The van der Waals surface area contributed by atoms with Crippen LogP contribution in [0.3, 0.4) is 0 Å². The van der Waals surface area contributed by atoms with Crippen molar-refractivity contribution in [1.82, 2.24) is 19.4 Å². The second kappa shape index (κ2) is 6.63. The molecule has 3 aliphatic heterocycles. The molecular weight excluding hydrogens is 302 g/mol. The molecule has 126 valence electrons. The van der Waals surface area contributed by atoms with Crippen LogP contribution in [0.1, 0.15) is 19.3 Å². The molecule has 5 rings (SSSR count). The highest BCUT2D eigenvalue weighted by molar-refractivity contribution is 5.76. The fourth-order valence-corrected chi connectivity index (χ4v) is 3.89. The number of rotatable bonds is 4. The van der Waals surface area contributed by atoms with Gasteiger partial charge in [-0.15, -0.1) is 0 Å². The van der Waals surface area contributed by atoms with E-state index in [9.17, 15) is 4.79 Å². The van der Waals surface area contributed by atoms with Crippen molar-refractivity contribution in [1.29, 1.82) is 0 Å². The predicted octanol–water partition coefficient (Wildman–Crippen LogP) is 1.80. The van der Waals surface area contributed by atoms with E-state index in [0.29, 0.717) is 12.3 Å². The molecule has 2 aromatic rings. The number of carbonyl (C=O) groups is 1. The summed E-state index contributed by atoms with van der Waals surface area (Å²) in [7, 11) is 0. The van der Waals surface area contributed by atoms with Crippen molar-refractivity contribution in [3.63, 3.8) is 0 Å². The number of fused-ring (bicyclic) bond motifs is 4. The Hall–Kier alpha value is -2.37. The Balaban J connectivity index is 1.43. The Bertz CT molecular complexity index is 672. The van der Waals surface area contributed by atoms with Crippen LogP contribution in [0, 0.1) is 5.92 Å². The topological polar surface area (TPSA) is 54.3 Å². The molecule has 0 radical (unpaired) electrons. The molecule has 0 N–H and O–H groups in total. The third-order valence-corrected chi connectivity index (χ3v) is 5.12. The van der Waals surface area contributed by atoms with Crippen LogP contribution in [0.15, 0.2) is 43.0 Å². The minimum atomic E-state index is 0.272. The highest BCUT2D eigenvalue weighted by Crippen LogP contribution is 2.29. The van der Waals surface area contributed by atoms with Gasteiger partial charge in [-0.3, -0.25) is 4.79 Å². The first-order valence-corrected chi connectivity index (χ1v) is 8.72. The lowest BCUT2D eigenvalue weighted by Gasteiger charge is -2.36. The first-order chi connectivity index (χ1) is 11.8. The number of anilines is 1. The van der Waals surface area contributed by atoms with Gasteiger partial charge in [0.1, 0.15) is 0 Å². The van der Waals surface area contributed by atoms with Gasteiger partial charge in [0.05, 0.1) is 0 Å². The van der Waals surface area contributed by atoms with Crippen LogP contribution < -0.4 is 4.90 Å². The van der Waals surface area contributed by atoms with E-state index in [1.807, 2.05) is 30.6 Å². The lowest BCUT2D eigenvalue weighted by atomic mass is 9.94. The molecule has 24 heavy (non-hydrogen) atoms. The molecule has 2 aromatic heterocycles. The maximum Gasteiger partial charge on any atom is 0.225 e. The smallest absolute Gasteiger partial charge is 0.225 e. The molecule has 0 spiro atoms. The zero-order valence-electron chi connectivity index (χ0n) is 13.8. The molecule has 2 atom stereocenters. The number of hydrogen-bond donors (Lipinski definition) is 0. The van der Waals surface area contributed by atoms with Gasteiger partial charge >= 0.3 is 0 Å². The Morgan fingerprint density at radius 1 is 1.04 bits per heavy atom. The van der Waals surface area contributed by atoms with Gasteiger partial charge < -0.3 is 14.4 Å². The maximum atomic E-state index is 12.7. The molecule has 6 nitrogen and oxygen atoms in total. The van der Waals surface area contributed by atoms with Gasteiger partial charge in [0.2, 0.25) is 11.9 Å². The molecule has 0 saturated carbocycles. The van der Waals surface area contributed by atoms with E-state index in [4.69, 9.17) is 0 Å². The normalized spacial score (nSPS) is 23.3. The number of nitrogens with zero attached hydrogens (tertiary/aromatic N) is 5. The van der Waals surface area contributed by atoms with Crippen molar-refractivity contribution in [2.24, 2.45) is 5.92 Å². The summed E-state index contributed by atoms with van der Waals surface area (Å²) < 4.78 is 2.07. The van der Waals surface area contributed by atoms with Crippen LogP contribution >= 0.6 is 0 Å². The Morgan fingerprint density at radius 3 is 2.62 bits per heavy atom. The zero-order valence-corrected chi connectivity index (χ0v) is 13.8. The lowest BCUT2D eigenvalue weighted by molar-refractivity contribution is -0.135. The fraction of sp³-hybridized carbons (Fsp3) is 0.500. The van der Waals surface area contributed by atoms with Crippen LogP contribution in [0.4, 0.5) is 5.95 Å². The SMILES string of the molecule is O=C(CCn1cccc1)N1CC2CCC1CN(c1ncccn1)C2. The molecule has 6 heteroatoms. The number of carbonyl (C=O) groups excluding carboxylic acids is 1. The first-order valence-electron chi connectivity index (χ1n) is 8.72. The van der Waals surface area contributed by atoms with E-state index in [-0.39, 0.29) is 11.9 Å². The van der Waals surface area contributed by atoms with E-state index in [1.54, 1.807) is 12.4 Å². The summed E-state index contributed by atoms with van der Waals surface area (Å²) in [5.74, 6) is 1.58. The van der Waals surface area contributed by atoms with Crippen LogP contribution in [0.5, 0.6) is 0 Å². The van der Waals surface area contributed by atoms with Crippen LogP contribution in [0.25, 0.3) is 0 Å². The van der Waals surface area contributed by atoms with Gasteiger partial charge in [0.15, 0.2) is 0 Å². The summed E-state index contributed by atoms with van der Waals surface area (Å²) >= 11 is 0. The summed E-state index contributed by atoms with van der Waals surface area (Å²) in [5, 5.41) is 0. The fourth-order valence-electron chi connectivity index (χ4n) is 3.89. The Labute approximate surface area is 142 Å². The molecule has 3 saturated heterocycles. The molecule has 2 unspecified atom stereocenters. The van der Waals surface area contributed by atoms with Crippen molar-refractivity contribution in [2.45, 2.75) is 31.8 Å². The third kappa shape index (κ3) is 3.13. The number of hydrogen-bond acceptors (Lipinski definition) is 4. The van der Waals surface area contributed by atoms with E-state index in [0.717, 1.165) is 38.5 Å². The second-order valence-corrected chi connectivity index (χ2v) is 6.77. The van der Waals surface area contributed by atoms with E-state index in [2.05, 4.69) is 24.3 Å². The summed E-state index contributed by atoms with van der Waals surface area (Å²) in [5.41, 5.74) is 0. The molecule has 5 heterocycles. The van der Waals surface area contributed by atoms with Crippen LogP contribution in [0.2, 0.25) is 0 Å². The van der Waals surface area contributed by atoms with Gasteiger partial charge in [-0.05, 0) is 37.0 Å². The van der Waals surface area contributed by atoms with Crippen molar-refractivity contribution in [2.75, 3.05) is 24.5 Å². The molecule has 2 bridgehead atoms. The van der Waals surface area contributed by atoms with E-state index >= 15 is 0 Å². The largest absolute Gasteiger partial charge is 0.354 e. The summed E-state index contributed by atoms with van der Waals surface area (Å²) in [4.78, 5) is 25.9. The first kappa shape index (κ1) is 15.2. The van der Waals surface area contributed by atoms with Crippen molar-refractivity contribution in [3.8, 4) is 0 Å². The van der Waals surface area contributed by atoms with E-state index < -0.39 is 0 Å². The van der Waals surface area contributed by atoms with Gasteiger partial charge in [0.25, 0.3) is 0 Å². The monoisotopic (exact) mass is 325 g/mol. The summed E-state index contributed by atoms with van der Waals surface area (Å²) in [6.07, 6.45) is 10.4. The zero-order chi connectivity index (χ0) is 16.4. The second-order valence-electron chi connectivity index (χ2n) is 6.77. The molecule has 3 aliphatic rings. The number of aromatic nitrogens is 3. The molecule has 0 aliphatic carbocycles. The number of piperidine rings is 1. The van der Waals surface area contributed by atoms with Crippen molar-refractivity contribution < 1.29 is 4.79 Å². The Kier molecular flexibility index (Phi) is 4.19. The summed E-state index contributed by atoms with van der Waals surface area (Å²) in [6, 6.07) is 6.11. The molecular formula is C18H23N5O. The third-order valence-electron chi connectivity index (χ3n) is 5.12. The standard InChI is InChI=1S/C18H23N5O/c24-17(6-11-21-9-1-2-10-21)23-13-15-4-5-16(23)14-22(12-15)18-19-7-3-8-20-18/h1-3,7-10,15-16H,4-6,11-14H2. The van der Waals surface area contributed by atoms with Gasteiger partial charge in [-0.1, -0.05) is 0 Å². The van der Waals surface area contributed by atoms with Crippen LogP contribution in [-0.2, 0) is 11.3 Å². The highest BCUT2D eigenvalue weighted by Gasteiger charge is 2.37. The Morgan fingerprint density at radius 2 is 1.83 bits per heavy atom. The number of aryl methyl sites for hydroxylation is 1. The minimum Gasteiger partial charge on any atom is -0.354 e. The van der Waals surface area contributed by atoms with E-state index in [1.165, 1.54) is 6.42 Å². The highest BCUT2D eigenvalue weighted by atomic mass is 16.2. The predicted molar refractivity (Wildman–Crippen MR) is 91.5 cm³/mol. The lowest BCUT2D eigenvalue weighted by Crippen LogP contribution is -2.47. The van der Waals surface area contributed by atoms with Crippen LogP contribution in [-0.4, -0.2) is 51.0 Å². The average Bonchev–Trinajstić information content (AvgIpc) is 2.98. The van der Waals surface area contributed by atoms with Gasteiger partial charge in [-0.2, -0.15) is 0 Å².